The minimum absolute atomic E-state index is 0.114. The van der Waals surface area contributed by atoms with E-state index in [1.54, 1.807) is 12.1 Å². The topological polar surface area (TPSA) is 73.3 Å². The maximum Gasteiger partial charge on any atom is 0.344 e. The summed E-state index contributed by atoms with van der Waals surface area (Å²) in [6.45, 7) is 1.88. The van der Waals surface area contributed by atoms with Gasteiger partial charge in [-0.25, -0.2) is 4.79 Å². The average Bonchev–Trinajstić information content (AvgIpc) is 2.18. The number of benzene rings is 1. The van der Waals surface area contributed by atoms with E-state index >= 15 is 0 Å². The van der Waals surface area contributed by atoms with E-state index in [0.29, 0.717) is 10.8 Å². The van der Waals surface area contributed by atoms with Crippen molar-refractivity contribution in [2.75, 3.05) is 0 Å². The molecule has 0 aliphatic heterocycles. The van der Waals surface area contributed by atoms with Crippen molar-refractivity contribution in [3.05, 3.63) is 46.0 Å². The summed E-state index contributed by atoms with van der Waals surface area (Å²) in [5, 5.41) is 1.12. The second-order valence-electron chi connectivity index (χ2n) is 3.35. The number of primary amides is 1. The van der Waals surface area contributed by atoms with Crippen LogP contribution in [0.3, 0.4) is 0 Å². The summed E-state index contributed by atoms with van der Waals surface area (Å²) in [5.74, 6) is -0.856. The third-order valence-electron chi connectivity index (χ3n) is 2.16. The van der Waals surface area contributed by atoms with Crippen LogP contribution in [-0.2, 0) is 0 Å². The molecule has 2 N–H and O–H groups in total. The van der Waals surface area contributed by atoms with Gasteiger partial charge in [-0.2, -0.15) is 0 Å². The predicted octanol–water partition coefficient (Wildman–Crippen LogP) is 1.20. The molecule has 2 aromatic rings. The molecule has 0 spiro atoms. The third-order valence-corrected chi connectivity index (χ3v) is 2.16. The first-order valence-electron chi connectivity index (χ1n) is 4.42. The number of hydrogen-bond acceptors (Lipinski definition) is 3. The quantitative estimate of drug-likeness (QED) is 0.756. The van der Waals surface area contributed by atoms with Gasteiger partial charge in [0.05, 0.1) is 5.39 Å². The Morgan fingerprint density at radius 3 is 2.73 bits per heavy atom. The number of hydrogen-bond donors (Lipinski definition) is 1. The summed E-state index contributed by atoms with van der Waals surface area (Å²) >= 11 is 0. The first-order chi connectivity index (χ1) is 7.08. The summed E-state index contributed by atoms with van der Waals surface area (Å²) in [7, 11) is 0. The van der Waals surface area contributed by atoms with E-state index in [9.17, 15) is 9.59 Å². The fourth-order valence-corrected chi connectivity index (χ4v) is 1.42. The van der Waals surface area contributed by atoms with Gasteiger partial charge in [-0.05, 0) is 24.4 Å². The van der Waals surface area contributed by atoms with Gasteiger partial charge >= 0.3 is 5.63 Å². The van der Waals surface area contributed by atoms with E-state index in [-0.39, 0.29) is 5.76 Å². The monoisotopic (exact) mass is 203 g/mol. The van der Waals surface area contributed by atoms with Gasteiger partial charge in [0.25, 0.3) is 5.91 Å². The lowest BCUT2D eigenvalue weighted by Crippen LogP contribution is -2.14. The van der Waals surface area contributed by atoms with Crippen LogP contribution in [0, 0.1) is 6.92 Å². The van der Waals surface area contributed by atoms with Crippen molar-refractivity contribution in [3.8, 4) is 0 Å². The Bertz CT molecular complexity index is 598. The van der Waals surface area contributed by atoms with Gasteiger partial charge in [-0.3, -0.25) is 4.79 Å². The second kappa shape index (κ2) is 3.24. The zero-order chi connectivity index (χ0) is 11.0. The number of fused-ring (bicyclic) bond motifs is 1. The Kier molecular flexibility index (Phi) is 2.04. The fourth-order valence-electron chi connectivity index (χ4n) is 1.42. The van der Waals surface area contributed by atoms with Gasteiger partial charge in [-0.15, -0.1) is 0 Å². The molecule has 15 heavy (non-hydrogen) atoms. The average molecular weight is 203 g/mol. The molecule has 2 rings (SSSR count). The minimum atomic E-state index is -0.741. The van der Waals surface area contributed by atoms with Crippen LogP contribution >= 0.6 is 0 Å². The Labute approximate surface area is 85.3 Å². The lowest BCUT2D eigenvalue weighted by Gasteiger charge is -1.99. The first kappa shape index (κ1) is 9.45. The van der Waals surface area contributed by atoms with Crippen molar-refractivity contribution >= 4 is 16.7 Å². The van der Waals surface area contributed by atoms with E-state index in [2.05, 4.69) is 0 Å². The van der Waals surface area contributed by atoms with Crippen LogP contribution in [0.2, 0.25) is 0 Å². The maximum absolute atomic E-state index is 11.5. The van der Waals surface area contributed by atoms with Crippen LogP contribution in [0.5, 0.6) is 0 Å². The summed E-state index contributed by atoms with van der Waals surface area (Å²) in [6.07, 6.45) is 0. The van der Waals surface area contributed by atoms with E-state index in [0.717, 1.165) is 5.56 Å². The van der Waals surface area contributed by atoms with E-state index < -0.39 is 11.5 Å². The molecule has 0 saturated heterocycles. The van der Waals surface area contributed by atoms with Gasteiger partial charge in [0.2, 0.25) is 0 Å². The van der Waals surface area contributed by atoms with Crippen molar-refractivity contribution in [3.63, 3.8) is 0 Å². The third kappa shape index (κ3) is 1.61. The fraction of sp³-hybridized carbons (Fsp3) is 0.0909. The van der Waals surface area contributed by atoms with E-state index in [4.69, 9.17) is 10.2 Å². The second-order valence-corrected chi connectivity index (χ2v) is 3.35. The SMILES string of the molecule is Cc1ccc2cc(C(N)=O)oc(=O)c2c1. The molecule has 1 aromatic heterocycles. The number of carbonyl (C=O) groups excluding carboxylic acids is 1. The predicted molar refractivity (Wildman–Crippen MR) is 55.7 cm³/mol. The lowest BCUT2D eigenvalue weighted by molar-refractivity contribution is 0.0970. The molecule has 0 radical (unpaired) electrons. The zero-order valence-corrected chi connectivity index (χ0v) is 8.11. The Morgan fingerprint density at radius 2 is 2.07 bits per heavy atom. The van der Waals surface area contributed by atoms with Crippen molar-refractivity contribution in [1.82, 2.24) is 0 Å². The Balaban J connectivity index is 2.84. The highest BCUT2D eigenvalue weighted by Crippen LogP contribution is 2.13. The standard InChI is InChI=1S/C11H9NO3/c1-6-2-3-7-5-9(10(12)13)15-11(14)8(7)4-6/h2-5H,1H3,(H2,12,13). The largest absolute Gasteiger partial charge is 0.417 e. The zero-order valence-electron chi connectivity index (χ0n) is 8.11. The van der Waals surface area contributed by atoms with Crippen LogP contribution in [-0.4, -0.2) is 5.91 Å². The molecule has 0 atom stereocenters. The van der Waals surface area contributed by atoms with E-state index in [1.807, 2.05) is 13.0 Å². The number of aryl methyl sites for hydroxylation is 1. The van der Waals surface area contributed by atoms with Gasteiger partial charge in [0.15, 0.2) is 5.76 Å². The molecule has 0 bridgehead atoms. The van der Waals surface area contributed by atoms with Gasteiger partial charge in [0.1, 0.15) is 0 Å². The highest BCUT2D eigenvalue weighted by Gasteiger charge is 2.08. The first-order valence-corrected chi connectivity index (χ1v) is 4.42. The van der Waals surface area contributed by atoms with E-state index in [1.165, 1.54) is 6.07 Å². The maximum atomic E-state index is 11.5. The van der Waals surface area contributed by atoms with Crippen molar-refractivity contribution < 1.29 is 9.21 Å². The van der Waals surface area contributed by atoms with Gasteiger partial charge in [-0.1, -0.05) is 17.7 Å². The van der Waals surface area contributed by atoms with Crippen LogP contribution in [0.25, 0.3) is 10.8 Å². The molecule has 0 fully saturated rings. The van der Waals surface area contributed by atoms with Crippen LogP contribution < -0.4 is 11.4 Å². The molecule has 4 nitrogen and oxygen atoms in total. The Hall–Kier alpha value is -2.10. The molecule has 76 valence electrons. The number of nitrogens with two attached hydrogens (primary N) is 1. The van der Waals surface area contributed by atoms with Crippen molar-refractivity contribution in [1.29, 1.82) is 0 Å². The van der Waals surface area contributed by atoms with Crippen LogP contribution in [0.15, 0.2) is 33.5 Å². The summed E-state index contributed by atoms with van der Waals surface area (Å²) in [6, 6.07) is 6.80. The molecule has 1 amide bonds. The smallest absolute Gasteiger partial charge is 0.344 e. The molecule has 0 unspecified atom stereocenters. The summed E-state index contributed by atoms with van der Waals surface area (Å²) in [4.78, 5) is 22.3. The summed E-state index contributed by atoms with van der Waals surface area (Å²) < 4.78 is 4.78. The number of carbonyl (C=O) groups is 1. The Morgan fingerprint density at radius 1 is 1.33 bits per heavy atom. The highest BCUT2D eigenvalue weighted by molar-refractivity contribution is 5.94. The van der Waals surface area contributed by atoms with Crippen molar-refractivity contribution in [2.24, 2.45) is 5.73 Å². The molecular formula is C11H9NO3. The summed E-state index contributed by atoms with van der Waals surface area (Å²) in [5.41, 5.74) is 5.45. The number of amides is 1. The minimum Gasteiger partial charge on any atom is -0.417 e. The van der Waals surface area contributed by atoms with Crippen molar-refractivity contribution in [2.45, 2.75) is 6.92 Å². The molecular weight excluding hydrogens is 194 g/mol. The normalized spacial score (nSPS) is 10.5. The highest BCUT2D eigenvalue weighted by atomic mass is 16.4. The molecule has 1 heterocycles. The molecule has 0 saturated carbocycles. The number of rotatable bonds is 1. The van der Waals surface area contributed by atoms with Gasteiger partial charge < -0.3 is 10.2 Å². The van der Waals surface area contributed by atoms with Crippen LogP contribution in [0.1, 0.15) is 16.1 Å². The van der Waals surface area contributed by atoms with Crippen LogP contribution in [0.4, 0.5) is 0 Å². The molecule has 0 aliphatic rings. The van der Waals surface area contributed by atoms with Gasteiger partial charge in [0, 0.05) is 0 Å². The lowest BCUT2D eigenvalue weighted by atomic mass is 10.1. The molecule has 1 aromatic carbocycles. The molecule has 4 heteroatoms. The molecule has 0 aliphatic carbocycles.